The van der Waals surface area contributed by atoms with Crippen LogP contribution in [0.1, 0.15) is 96.0 Å². The van der Waals surface area contributed by atoms with Crippen molar-refractivity contribution in [3.8, 4) is 16.9 Å². The molecule has 6 nitrogen and oxygen atoms in total. The molecule has 38 heavy (non-hydrogen) atoms. The van der Waals surface area contributed by atoms with Gasteiger partial charge in [0, 0.05) is 13.0 Å². The molecule has 0 aromatic heterocycles. The van der Waals surface area contributed by atoms with E-state index in [1.807, 2.05) is 17.9 Å². The Labute approximate surface area is 227 Å². The van der Waals surface area contributed by atoms with Gasteiger partial charge in [0.05, 0.1) is 12.2 Å². The molecule has 4 rings (SSSR count). The highest BCUT2D eigenvalue weighted by Gasteiger charge is 2.28. The molecule has 1 heterocycles. The molecule has 2 aromatic rings. The molecule has 2 aromatic carbocycles. The summed E-state index contributed by atoms with van der Waals surface area (Å²) in [6, 6.07) is 14.9. The van der Waals surface area contributed by atoms with Gasteiger partial charge in [-0.15, -0.1) is 0 Å². The topological polar surface area (TPSA) is 78.9 Å². The molecule has 1 aliphatic carbocycles. The average Bonchev–Trinajstić information content (AvgIpc) is 2.93. The number of unbranched alkanes of at least 4 members (excludes halogenated alkanes) is 4. The maximum Gasteiger partial charge on any atom is 0.322 e. The Hall–Kier alpha value is -3.02. The number of fused-ring (bicyclic) bond motifs is 1. The van der Waals surface area contributed by atoms with Crippen LogP contribution in [0.4, 0.5) is 10.5 Å². The molecule has 1 fully saturated rings. The predicted molar refractivity (Wildman–Crippen MR) is 153 cm³/mol. The van der Waals surface area contributed by atoms with Crippen LogP contribution in [0.25, 0.3) is 11.1 Å². The molecule has 0 bridgehead atoms. The van der Waals surface area contributed by atoms with E-state index in [-0.39, 0.29) is 18.6 Å². The summed E-state index contributed by atoms with van der Waals surface area (Å²) in [7, 11) is 0. The van der Waals surface area contributed by atoms with Crippen LogP contribution in [0.2, 0.25) is 0 Å². The first kappa shape index (κ1) is 28.0. The number of ether oxygens (including phenoxy) is 1. The van der Waals surface area contributed by atoms with Gasteiger partial charge in [0.15, 0.2) is 0 Å². The van der Waals surface area contributed by atoms with E-state index in [9.17, 15) is 9.59 Å². The number of nitrogens with one attached hydrogen (secondary N) is 1. The molecule has 1 unspecified atom stereocenters. The summed E-state index contributed by atoms with van der Waals surface area (Å²) in [5, 5.41) is 12.0. The number of carbonyl (C=O) groups is 2. The Morgan fingerprint density at radius 2 is 1.68 bits per heavy atom. The molecule has 2 N–H and O–H groups in total. The number of carboxylic acid groups (broad SMARTS) is 1. The summed E-state index contributed by atoms with van der Waals surface area (Å²) in [5.74, 6) is 1.17. The minimum absolute atomic E-state index is 0.0494. The number of anilines is 1. The summed E-state index contributed by atoms with van der Waals surface area (Å²) in [5.41, 5.74) is 4.41. The second-order valence-corrected chi connectivity index (χ2v) is 11.1. The number of aliphatic carboxylic acids is 1. The van der Waals surface area contributed by atoms with Crippen molar-refractivity contribution in [3.05, 3.63) is 48.0 Å². The van der Waals surface area contributed by atoms with Crippen molar-refractivity contribution in [2.75, 3.05) is 18.0 Å². The lowest BCUT2D eigenvalue weighted by Crippen LogP contribution is -2.47. The zero-order valence-electron chi connectivity index (χ0n) is 23.1. The molecule has 2 aliphatic rings. The number of nitrogens with zero attached hydrogens (tertiary/aromatic N) is 1. The number of benzene rings is 2. The minimum Gasteiger partial charge on any atom is -0.487 e. The smallest absolute Gasteiger partial charge is 0.322 e. The van der Waals surface area contributed by atoms with Gasteiger partial charge in [0.2, 0.25) is 0 Å². The van der Waals surface area contributed by atoms with E-state index in [4.69, 9.17) is 9.84 Å². The van der Waals surface area contributed by atoms with Crippen LogP contribution in [0, 0.1) is 5.92 Å². The van der Waals surface area contributed by atoms with Crippen LogP contribution in [0.5, 0.6) is 5.75 Å². The number of carbonyl (C=O) groups excluding carboxylic acids is 1. The highest BCUT2D eigenvalue weighted by molar-refractivity contribution is 5.94. The number of urea groups is 1. The number of carboxylic acids is 1. The first-order valence-corrected chi connectivity index (χ1v) is 14.6. The van der Waals surface area contributed by atoms with Gasteiger partial charge in [0.25, 0.3) is 0 Å². The van der Waals surface area contributed by atoms with Crippen LogP contribution in [0.3, 0.4) is 0 Å². The van der Waals surface area contributed by atoms with Crippen LogP contribution < -0.4 is 15.0 Å². The third kappa shape index (κ3) is 7.52. The van der Waals surface area contributed by atoms with Crippen molar-refractivity contribution >= 4 is 17.7 Å². The molecule has 0 radical (unpaired) electrons. The van der Waals surface area contributed by atoms with Crippen molar-refractivity contribution in [1.29, 1.82) is 0 Å². The maximum absolute atomic E-state index is 13.0. The van der Waals surface area contributed by atoms with E-state index in [0.29, 0.717) is 24.9 Å². The molecule has 1 aliphatic heterocycles. The second-order valence-electron chi connectivity index (χ2n) is 11.1. The summed E-state index contributed by atoms with van der Waals surface area (Å²) in [6.45, 7) is 5.46. The summed E-state index contributed by atoms with van der Waals surface area (Å²) < 4.78 is 6.15. The second kappa shape index (κ2) is 13.7. The van der Waals surface area contributed by atoms with E-state index in [2.05, 4.69) is 48.6 Å². The third-order valence-electron chi connectivity index (χ3n) is 8.15. The van der Waals surface area contributed by atoms with E-state index < -0.39 is 5.97 Å². The Morgan fingerprint density at radius 3 is 2.39 bits per heavy atom. The van der Waals surface area contributed by atoms with Crippen molar-refractivity contribution in [3.63, 3.8) is 0 Å². The number of rotatable bonds is 11. The van der Waals surface area contributed by atoms with Crippen LogP contribution in [-0.4, -0.2) is 36.3 Å². The standard InChI is InChI=1S/C32H44N2O4/c1-3-4-5-6-7-20-33-32(37)34-22-23(2)38-30-21-28(17-18-29(30)34)27-15-13-26(14-16-27)25-11-8-24(9-12-25)10-19-31(35)36/h13-18,21,23-25H,3-12,19-20,22H2,1-2H3,(H,33,37)(H,35,36). The van der Waals surface area contributed by atoms with Gasteiger partial charge < -0.3 is 15.2 Å². The fourth-order valence-corrected chi connectivity index (χ4v) is 5.89. The van der Waals surface area contributed by atoms with Crippen LogP contribution >= 0.6 is 0 Å². The number of hydrogen-bond donors (Lipinski definition) is 2. The normalized spacial score (nSPS) is 20.9. The zero-order chi connectivity index (χ0) is 26.9. The molecular formula is C32H44N2O4. The number of amides is 2. The van der Waals surface area contributed by atoms with Gasteiger partial charge in [-0.25, -0.2) is 4.79 Å². The molecule has 206 valence electrons. The van der Waals surface area contributed by atoms with Gasteiger partial charge in [0.1, 0.15) is 11.9 Å². The molecule has 6 heteroatoms. The predicted octanol–water partition coefficient (Wildman–Crippen LogP) is 7.76. The lowest BCUT2D eigenvalue weighted by Gasteiger charge is -2.33. The molecule has 1 atom stereocenters. The van der Waals surface area contributed by atoms with Gasteiger partial charge in [-0.3, -0.25) is 9.69 Å². The largest absolute Gasteiger partial charge is 0.487 e. The van der Waals surface area contributed by atoms with E-state index in [1.54, 1.807) is 0 Å². The highest BCUT2D eigenvalue weighted by Crippen LogP contribution is 2.40. The van der Waals surface area contributed by atoms with Crippen molar-refractivity contribution in [1.82, 2.24) is 5.32 Å². The average molecular weight is 521 g/mol. The summed E-state index contributed by atoms with van der Waals surface area (Å²) in [6.07, 6.45) is 11.4. The van der Waals surface area contributed by atoms with Crippen molar-refractivity contribution < 1.29 is 19.4 Å². The van der Waals surface area contributed by atoms with E-state index in [1.165, 1.54) is 24.8 Å². The van der Waals surface area contributed by atoms with Crippen LogP contribution in [0.15, 0.2) is 42.5 Å². The van der Waals surface area contributed by atoms with Gasteiger partial charge in [-0.05, 0) is 86.1 Å². The molecular weight excluding hydrogens is 476 g/mol. The quantitative estimate of drug-likeness (QED) is 0.297. The van der Waals surface area contributed by atoms with Gasteiger partial charge in [-0.1, -0.05) is 62.9 Å². The summed E-state index contributed by atoms with van der Waals surface area (Å²) in [4.78, 5) is 25.6. The van der Waals surface area contributed by atoms with Crippen LogP contribution in [-0.2, 0) is 4.79 Å². The Bertz CT molecular complexity index is 1060. The maximum atomic E-state index is 13.0. The SMILES string of the molecule is CCCCCCCNC(=O)N1CC(C)Oc2cc(-c3ccc(C4CCC(CCC(=O)O)CC4)cc3)ccc21. The van der Waals surface area contributed by atoms with Crippen molar-refractivity contribution in [2.24, 2.45) is 5.92 Å². The Balaban J connectivity index is 1.36. The Kier molecular flexibility index (Phi) is 10.1. The monoisotopic (exact) mass is 520 g/mol. The van der Waals surface area contributed by atoms with E-state index in [0.717, 1.165) is 67.5 Å². The third-order valence-corrected chi connectivity index (χ3v) is 8.15. The fourth-order valence-electron chi connectivity index (χ4n) is 5.89. The molecule has 0 spiro atoms. The molecule has 0 saturated heterocycles. The van der Waals surface area contributed by atoms with Crippen molar-refractivity contribution in [2.45, 2.75) is 96.5 Å². The first-order valence-electron chi connectivity index (χ1n) is 14.6. The fraction of sp³-hybridized carbons (Fsp3) is 0.562. The Morgan fingerprint density at radius 1 is 0.974 bits per heavy atom. The first-order chi connectivity index (χ1) is 18.4. The van der Waals surface area contributed by atoms with E-state index >= 15 is 0 Å². The molecule has 1 saturated carbocycles. The number of hydrogen-bond acceptors (Lipinski definition) is 3. The van der Waals surface area contributed by atoms with Gasteiger partial charge in [-0.2, -0.15) is 0 Å². The highest BCUT2D eigenvalue weighted by atomic mass is 16.5. The zero-order valence-corrected chi connectivity index (χ0v) is 23.1. The van der Waals surface area contributed by atoms with Gasteiger partial charge >= 0.3 is 12.0 Å². The summed E-state index contributed by atoms with van der Waals surface area (Å²) >= 11 is 0. The lowest BCUT2D eigenvalue weighted by molar-refractivity contribution is -0.137. The lowest BCUT2D eigenvalue weighted by atomic mass is 9.77. The minimum atomic E-state index is -0.686. The molecule has 2 amide bonds.